The van der Waals surface area contributed by atoms with Crippen LogP contribution in [0.5, 0.6) is 0 Å². The molecule has 0 aliphatic carbocycles. The first-order valence-corrected chi connectivity index (χ1v) is 6.42. The van der Waals surface area contributed by atoms with E-state index in [0.717, 1.165) is 24.4 Å². The zero-order valence-corrected chi connectivity index (χ0v) is 10.8. The van der Waals surface area contributed by atoms with Gasteiger partial charge in [0.15, 0.2) is 11.5 Å². The van der Waals surface area contributed by atoms with E-state index in [9.17, 15) is 0 Å². The number of anilines is 1. The van der Waals surface area contributed by atoms with Gasteiger partial charge in [0.2, 0.25) is 0 Å². The fraction of sp³-hybridized carbons (Fsp3) is 0.545. The molecule has 1 aliphatic heterocycles. The molecule has 2 unspecified atom stereocenters. The highest BCUT2D eigenvalue weighted by Crippen LogP contribution is 2.23. The van der Waals surface area contributed by atoms with Gasteiger partial charge in [-0.2, -0.15) is 0 Å². The predicted molar refractivity (Wildman–Crippen MR) is 69.0 cm³/mol. The first-order valence-electron chi connectivity index (χ1n) is 5.88. The van der Waals surface area contributed by atoms with Crippen molar-refractivity contribution >= 4 is 28.6 Å². The van der Waals surface area contributed by atoms with Crippen LogP contribution in [-0.2, 0) is 4.74 Å². The van der Waals surface area contributed by atoms with Crippen molar-refractivity contribution in [2.75, 3.05) is 23.9 Å². The molecule has 0 bridgehead atoms. The molecule has 7 heteroatoms. The summed E-state index contributed by atoms with van der Waals surface area (Å²) >= 11 is 5.89. The van der Waals surface area contributed by atoms with Gasteiger partial charge in [-0.05, 0) is 6.92 Å². The Bertz CT molecular complexity index is 545. The van der Waals surface area contributed by atoms with E-state index in [0.29, 0.717) is 11.5 Å². The molecule has 0 amide bonds. The van der Waals surface area contributed by atoms with E-state index in [1.54, 1.807) is 6.33 Å². The molecule has 0 aromatic carbocycles. The van der Waals surface area contributed by atoms with E-state index in [1.165, 1.54) is 6.33 Å². The Morgan fingerprint density at radius 3 is 3.17 bits per heavy atom. The Morgan fingerprint density at radius 2 is 2.33 bits per heavy atom. The van der Waals surface area contributed by atoms with Gasteiger partial charge >= 0.3 is 0 Å². The Labute approximate surface area is 109 Å². The van der Waals surface area contributed by atoms with Crippen LogP contribution in [0.25, 0.3) is 11.2 Å². The van der Waals surface area contributed by atoms with Gasteiger partial charge in [-0.25, -0.2) is 15.0 Å². The largest absolute Gasteiger partial charge is 0.370 e. The predicted octanol–water partition coefficient (Wildman–Crippen LogP) is 1.19. The molecule has 3 rings (SSSR count). The van der Waals surface area contributed by atoms with Crippen molar-refractivity contribution in [2.45, 2.75) is 19.1 Å². The molecule has 0 radical (unpaired) electrons. The lowest BCUT2D eigenvalue weighted by atomic mass is 10.2. The van der Waals surface area contributed by atoms with Crippen LogP contribution in [0.2, 0.25) is 0 Å². The molecule has 18 heavy (non-hydrogen) atoms. The van der Waals surface area contributed by atoms with Crippen LogP contribution in [-0.4, -0.2) is 51.1 Å². The maximum absolute atomic E-state index is 5.89. The SMILES string of the molecule is CC1CN(c2ncnc3nc[nH]c23)CC(CCl)O1. The van der Waals surface area contributed by atoms with Crippen molar-refractivity contribution in [1.29, 1.82) is 0 Å². The maximum atomic E-state index is 5.89. The quantitative estimate of drug-likeness (QED) is 0.828. The molecule has 0 saturated carbocycles. The molecular formula is C11H14ClN5O. The summed E-state index contributed by atoms with van der Waals surface area (Å²) in [6, 6.07) is 0. The number of morpholine rings is 1. The minimum absolute atomic E-state index is 0.0309. The summed E-state index contributed by atoms with van der Waals surface area (Å²) < 4.78 is 5.74. The van der Waals surface area contributed by atoms with Gasteiger partial charge in [-0.3, -0.25) is 0 Å². The number of rotatable bonds is 2. The normalized spacial score (nSPS) is 24.7. The molecule has 2 atom stereocenters. The number of ether oxygens (including phenoxy) is 1. The van der Waals surface area contributed by atoms with E-state index >= 15 is 0 Å². The van der Waals surface area contributed by atoms with Gasteiger partial charge in [0.25, 0.3) is 0 Å². The first-order chi connectivity index (χ1) is 8.78. The second-order valence-corrected chi connectivity index (χ2v) is 4.74. The van der Waals surface area contributed by atoms with Crippen molar-refractivity contribution in [3.05, 3.63) is 12.7 Å². The second-order valence-electron chi connectivity index (χ2n) is 4.43. The molecule has 1 aliphatic rings. The van der Waals surface area contributed by atoms with Crippen LogP contribution in [0.3, 0.4) is 0 Å². The number of halogens is 1. The molecule has 0 spiro atoms. The lowest BCUT2D eigenvalue weighted by Gasteiger charge is -2.36. The Hall–Kier alpha value is -1.40. The Morgan fingerprint density at radius 1 is 1.44 bits per heavy atom. The van der Waals surface area contributed by atoms with Gasteiger partial charge in [-0.15, -0.1) is 11.6 Å². The fourth-order valence-corrected chi connectivity index (χ4v) is 2.47. The molecule has 2 aromatic heterocycles. The third-order valence-electron chi connectivity index (χ3n) is 3.00. The third-order valence-corrected chi connectivity index (χ3v) is 3.35. The number of nitrogens with one attached hydrogen (secondary N) is 1. The van der Waals surface area contributed by atoms with Gasteiger partial charge < -0.3 is 14.6 Å². The van der Waals surface area contributed by atoms with E-state index in [1.807, 2.05) is 6.92 Å². The zero-order valence-electron chi connectivity index (χ0n) is 10.0. The number of aromatic nitrogens is 4. The van der Waals surface area contributed by atoms with Crippen molar-refractivity contribution < 1.29 is 4.74 Å². The summed E-state index contributed by atoms with van der Waals surface area (Å²) in [7, 11) is 0. The Kier molecular flexibility index (Phi) is 3.05. The molecule has 3 heterocycles. The summed E-state index contributed by atoms with van der Waals surface area (Å²) in [6.07, 6.45) is 3.33. The lowest BCUT2D eigenvalue weighted by molar-refractivity contribution is -0.00349. The number of alkyl halides is 1. The fourth-order valence-electron chi connectivity index (χ4n) is 2.30. The molecule has 1 fully saturated rings. The average molecular weight is 268 g/mol. The van der Waals surface area contributed by atoms with E-state index in [2.05, 4.69) is 24.8 Å². The summed E-state index contributed by atoms with van der Waals surface area (Å²) in [5.41, 5.74) is 1.54. The number of nitrogens with zero attached hydrogens (tertiary/aromatic N) is 4. The lowest BCUT2D eigenvalue weighted by Crippen LogP contribution is -2.47. The maximum Gasteiger partial charge on any atom is 0.182 e. The highest BCUT2D eigenvalue weighted by atomic mass is 35.5. The summed E-state index contributed by atoms with van der Waals surface area (Å²) in [5.74, 6) is 1.35. The number of H-pyrrole nitrogens is 1. The molecular weight excluding hydrogens is 254 g/mol. The molecule has 1 N–H and O–H groups in total. The molecule has 6 nitrogen and oxygen atoms in total. The molecule has 2 aromatic rings. The smallest absolute Gasteiger partial charge is 0.182 e. The third kappa shape index (κ3) is 2.02. The summed E-state index contributed by atoms with van der Waals surface area (Å²) in [6.45, 7) is 3.56. The summed E-state index contributed by atoms with van der Waals surface area (Å²) in [5, 5.41) is 0. The van der Waals surface area contributed by atoms with Crippen LogP contribution < -0.4 is 4.90 Å². The Balaban J connectivity index is 1.96. The summed E-state index contributed by atoms with van der Waals surface area (Å²) in [4.78, 5) is 17.9. The second kappa shape index (κ2) is 4.70. The topological polar surface area (TPSA) is 66.9 Å². The van der Waals surface area contributed by atoms with Crippen LogP contribution in [0.1, 0.15) is 6.92 Å². The van der Waals surface area contributed by atoms with Crippen LogP contribution in [0.15, 0.2) is 12.7 Å². The van der Waals surface area contributed by atoms with Crippen LogP contribution >= 0.6 is 11.6 Å². The van der Waals surface area contributed by atoms with E-state index < -0.39 is 0 Å². The zero-order chi connectivity index (χ0) is 12.5. The minimum Gasteiger partial charge on any atom is -0.370 e. The van der Waals surface area contributed by atoms with Crippen LogP contribution in [0.4, 0.5) is 5.82 Å². The number of fused-ring (bicyclic) bond motifs is 1. The highest BCUT2D eigenvalue weighted by Gasteiger charge is 2.27. The van der Waals surface area contributed by atoms with Gasteiger partial charge in [0.05, 0.1) is 24.4 Å². The number of hydrogen-bond acceptors (Lipinski definition) is 5. The molecule has 1 saturated heterocycles. The van der Waals surface area contributed by atoms with Gasteiger partial charge in [-0.1, -0.05) is 0 Å². The van der Waals surface area contributed by atoms with Crippen LogP contribution in [0, 0.1) is 0 Å². The van der Waals surface area contributed by atoms with Crippen molar-refractivity contribution in [2.24, 2.45) is 0 Å². The first kappa shape index (κ1) is 11.7. The molecule has 96 valence electrons. The van der Waals surface area contributed by atoms with Gasteiger partial charge in [0, 0.05) is 13.1 Å². The van der Waals surface area contributed by atoms with Crippen molar-refractivity contribution in [3.8, 4) is 0 Å². The standard InChI is InChI=1S/C11H14ClN5O/c1-7-3-17(4-8(2-12)18-7)11-9-10(14-5-13-9)15-6-16-11/h5-8H,2-4H2,1H3,(H,13,14,15,16). The van der Waals surface area contributed by atoms with E-state index in [4.69, 9.17) is 16.3 Å². The average Bonchev–Trinajstić information content (AvgIpc) is 2.85. The van der Waals surface area contributed by atoms with Crippen molar-refractivity contribution in [3.63, 3.8) is 0 Å². The number of hydrogen-bond donors (Lipinski definition) is 1. The van der Waals surface area contributed by atoms with E-state index in [-0.39, 0.29) is 12.2 Å². The monoisotopic (exact) mass is 267 g/mol. The van der Waals surface area contributed by atoms with Crippen molar-refractivity contribution in [1.82, 2.24) is 19.9 Å². The minimum atomic E-state index is 0.0309. The number of imidazole rings is 1. The van der Waals surface area contributed by atoms with Gasteiger partial charge in [0.1, 0.15) is 11.8 Å². The number of aromatic amines is 1. The highest BCUT2D eigenvalue weighted by molar-refractivity contribution is 6.18.